The zero-order valence-corrected chi connectivity index (χ0v) is 11.2. The highest BCUT2D eigenvalue weighted by molar-refractivity contribution is 5.78. The van der Waals surface area contributed by atoms with E-state index in [1.165, 1.54) is 6.42 Å². The molecule has 3 heteroatoms. The molecule has 19 heavy (non-hydrogen) atoms. The molecule has 0 saturated carbocycles. The fourth-order valence-corrected chi connectivity index (χ4v) is 2.84. The highest BCUT2D eigenvalue weighted by atomic mass is 16.3. The summed E-state index contributed by atoms with van der Waals surface area (Å²) in [5.74, 6) is 0.668. The average Bonchev–Trinajstić information content (AvgIpc) is 2.46. The van der Waals surface area contributed by atoms with E-state index in [-0.39, 0.29) is 6.04 Å². The Morgan fingerprint density at radius 3 is 2.95 bits per heavy atom. The number of pyridine rings is 1. The van der Waals surface area contributed by atoms with Gasteiger partial charge in [0.2, 0.25) is 0 Å². The van der Waals surface area contributed by atoms with E-state index in [0.717, 1.165) is 29.6 Å². The first-order chi connectivity index (χ1) is 9.24. The maximum Gasteiger partial charge on any atom is 0.111 e. The molecular formula is C16H20N2O. The first-order valence-electron chi connectivity index (χ1n) is 7.01. The molecule has 2 aromatic rings. The predicted molar refractivity (Wildman–Crippen MR) is 76.9 cm³/mol. The molecule has 1 fully saturated rings. The molecule has 2 heterocycles. The molecule has 1 aliphatic rings. The fraction of sp³-hybridized carbons (Fsp3) is 0.438. The van der Waals surface area contributed by atoms with E-state index in [1.54, 1.807) is 0 Å². The molecule has 0 spiro atoms. The van der Waals surface area contributed by atoms with Crippen molar-refractivity contribution in [3.05, 3.63) is 42.1 Å². The van der Waals surface area contributed by atoms with E-state index >= 15 is 0 Å². The van der Waals surface area contributed by atoms with Gasteiger partial charge in [0.05, 0.1) is 11.2 Å². The van der Waals surface area contributed by atoms with Crippen molar-refractivity contribution in [3.8, 4) is 0 Å². The van der Waals surface area contributed by atoms with Gasteiger partial charge in [0.25, 0.3) is 0 Å². The van der Waals surface area contributed by atoms with Gasteiger partial charge in [-0.2, -0.15) is 0 Å². The van der Waals surface area contributed by atoms with Gasteiger partial charge in [-0.3, -0.25) is 4.98 Å². The van der Waals surface area contributed by atoms with Crippen molar-refractivity contribution in [1.29, 1.82) is 0 Å². The topological polar surface area (TPSA) is 45.1 Å². The number of para-hydroxylation sites is 1. The van der Waals surface area contributed by atoms with Crippen molar-refractivity contribution >= 4 is 10.9 Å². The minimum atomic E-state index is -0.521. The predicted octanol–water partition coefficient (Wildman–Crippen LogP) is 2.66. The van der Waals surface area contributed by atoms with Gasteiger partial charge in [-0.05, 0) is 37.4 Å². The van der Waals surface area contributed by atoms with Gasteiger partial charge in [-0.1, -0.05) is 31.2 Å². The van der Waals surface area contributed by atoms with Crippen LogP contribution < -0.4 is 5.32 Å². The first-order valence-corrected chi connectivity index (χ1v) is 7.01. The van der Waals surface area contributed by atoms with Gasteiger partial charge in [-0.25, -0.2) is 0 Å². The number of nitrogens with zero attached hydrogens (tertiary/aromatic N) is 1. The van der Waals surface area contributed by atoms with Crippen LogP contribution in [0, 0.1) is 5.92 Å². The van der Waals surface area contributed by atoms with Crippen LogP contribution in [0.1, 0.15) is 31.6 Å². The zero-order chi connectivity index (χ0) is 13.2. The molecule has 3 unspecified atom stereocenters. The number of benzene rings is 1. The minimum absolute atomic E-state index is 0.123. The van der Waals surface area contributed by atoms with Crippen LogP contribution in [0.5, 0.6) is 0 Å². The lowest BCUT2D eigenvalue weighted by Gasteiger charge is -2.31. The summed E-state index contributed by atoms with van der Waals surface area (Å²) in [6.45, 7) is 3.23. The second-order valence-electron chi connectivity index (χ2n) is 5.56. The first kappa shape index (κ1) is 12.6. The summed E-state index contributed by atoms with van der Waals surface area (Å²) < 4.78 is 0. The number of hydrogen-bond donors (Lipinski definition) is 2. The van der Waals surface area contributed by atoms with E-state index < -0.39 is 6.10 Å². The van der Waals surface area contributed by atoms with E-state index in [4.69, 9.17) is 0 Å². The van der Waals surface area contributed by atoms with Gasteiger partial charge in [0.1, 0.15) is 6.10 Å². The van der Waals surface area contributed by atoms with E-state index in [2.05, 4.69) is 17.2 Å². The Bertz CT molecular complexity index is 569. The normalized spacial score (nSPS) is 25.4. The Kier molecular flexibility index (Phi) is 3.49. The highest BCUT2D eigenvalue weighted by Gasteiger charge is 2.26. The zero-order valence-electron chi connectivity index (χ0n) is 11.2. The number of piperidine rings is 1. The molecule has 1 aromatic carbocycles. The van der Waals surface area contributed by atoms with Crippen LogP contribution in [0.4, 0.5) is 0 Å². The monoisotopic (exact) mass is 256 g/mol. The van der Waals surface area contributed by atoms with Gasteiger partial charge >= 0.3 is 0 Å². The molecule has 3 rings (SSSR count). The molecule has 3 atom stereocenters. The lowest BCUT2D eigenvalue weighted by molar-refractivity contribution is 0.0981. The Hall–Kier alpha value is -1.45. The molecule has 2 N–H and O–H groups in total. The van der Waals surface area contributed by atoms with Crippen LogP contribution in [0.15, 0.2) is 36.4 Å². The third-order valence-corrected chi connectivity index (χ3v) is 4.00. The number of hydrogen-bond acceptors (Lipinski definition) is 3. The molecule has 0 amide bonds. The van der Waals surface area contributed by atoms with Crippen molar-refractivity contribution in [3.63, 3.8) is 0 Å². The molecule has 0 bridgehead atoms. The summed E-state index contributed by atoms with van der Waals surface area (Å²) in [5.41, 5.74) is 1.72. The third kappa shape index (κ3) is 2.62. The van der Waals surface area contributed by atoms with Crippen LogP contribution in [0.25, 0.3) is 10.9 Å². The van der Waals surface area contributed by atoms with Crippen molar-refractivity contribution in [1.82, 2.24) is 10.3 Å². The SMILES string of the molecule is CC1CCNC(C(O)c2ccc3ccccc3n2)C1. The summed E-state index contributed by atoms with van der Waals surface area (Å²) in [7, 11) is 0. The molecular weight excluding hydrogens is 236 g/mol. The smallest absolute Gasteiger partial charge is 0.111 e. The van der Waals surface area contributed by atoms with Crippen LogP contribution in [0.2, 0.25) is 0 Å². The van der Waals surface area contributed by atoms with E-state index in [0.29, 0.717) is 5.92 Å². The Labute approximate surface area is 113 Å². The molecule has 0 radical (unpaired) electrons. The van der Waals surface area contributed by atoms with Gasteiger partial charge in [0, 0.05) is 11.4 Å². The lowest BCUT2D eigenvalue weighted by atomic mass is 9.90. The minimum Gasteiger partial charge on any atom is -0.385 e. The van der Waals surface area contributed by atoms with Crippen LogP contribution in [0.3, 0.4) is 0 Å². The molecule has 1 saturated heterocycles. The van der Waals surface area contributed by atoms with Gasteiger partial charge in [0.15, 0.2) is 0 Å². The number of aromatic nitrogens is 1. The summed E-state index contributed by atoms with van der Waals surface area (Å²) in [6.07, 6.45) is 1.68. The molecule has 1 aliphatic heterocycles. The number of fused-ring (bicyclic) bond motifs is 1. The fourth-order valence-electron chi connectivity index (χ4n) is 2.84. The van der Waals surface area contributed by atoms with Crippen molar-refractivity contribution < 1.29 is 5.11 Å². The number of aliphatic hydroxyl groups is 1. The summed E-state index contributed by atoms with van der Waals surface area (Å²) in [4.78, 5) is 4.59. The van der Waals surface area contributed by atoms with Crippen LogP contribution >= 0.6 is 0 Å². The maximum atomic E-state index is 10.5. The average molecular weight is 256 g/mol. The summed E-state index contributed by atoms with van der Waals surface area (Å²) >= 11 is 0. The van der Waals surface area contributed by atoms with Crippen LogP contribution in [-0.2, 0) is 0 Å². The molecule has 3 nitrogen and oxygen atoms in total. The van der Waals surface area contributed by atoms with Gasteiger partial charge < -0.3 is 10.4 Å². The highest BCUT2D eigenvalue weighted by Crippen LogP contribution is 2.26. The standard InChI is InChI=1S/C16H20N2O/c1-11-8-9-17-15(10-11)16(19)14-7-6-12-4-2-3-5-13(12)18-14/h2-7,11,15-17,19H,8-10H2,1H3. The second kappa shape index (κ2) is 5.27. The van der Waals surface area contributed by atoms with Crippen molar-refractivity contribution in [2.24, 2.45) is 5.92 Å². The Morgan fingerprint density at radius 1 is 1.26 bits per heavy atom. The number of aliphatic hydroxyl groups excluding tert-OH is 1. The largest absolute Gasteiger partial charge is 0.385 e. The van der Waals surface area contributed by atoms with E-state index in [1.807, 2.05) is 36.4 Å². The van der Waals surface area contributed by atoms with E-state index in [9.17, 15) is 5.11 Å². The molecule has 1 aromatic heterocycles. The third-order valence-electron chi connectivity index (χ3n) is 4.00. The van der Waals surface area contributed by atoms with Crippen molar-refractivity contribution in [2.45, 2.75) is 31.9 Å². The summed E-state index contributed by atoms with van der Waals surface area (Å²) in [5, 5.41) is 15.0. The lowest BCUT2D eigenvalue weighted by Crippen LogP contribution is -2.41. The van der Waals surface area contributed by atoms with Crippen molar-refractivity contribution in [2.75, 3.05) is 6.54 Å². The molecule has 0 aliphatic carbocycles. The number of nitrogens with one attached hydrogen (secondary N) is 1. The van der Waals surface area contributed by atoms with Crippen LogP contribution in [-0.4, -0.2) is 22.7 Å². The van der Waals surface area contributed by atoms with Gasteiger partial charge in [-0.15, -0.1) is 0 Å². The Balaban J connectivity index is 1.86. The quantitative estimate of drug-likeness (QED) is 0.868. The number of rotatable bonds is 2. The summed E-state index contributed by atoms with van der Waals surface area (Å²) in [6, 6.07) is 12.1. The second-order valence-corrected chi connectivity index (χ2v) is 5.56. The Morgan fingerprint density at radius 2 is 2.11 bits per heavy atom. The maximum absolute atomic E-state index is 10.5. The molecule has 100 valence electrons.